The van der Waals surface area contributed by atoms with Crippen molar-refractivity contribution in [3.8, 4) is 22.6 Å². The standard InChI is InChI=1S/C25H26Cl4N4O3/c1-3-14(2)22(30)24(34)31-10-11-33(25(35)23(28)29)16-7-4-6-15(12-16)20-13-19(32-36-20)21-17(26)8-5-9-18(21)27/h4-9,12-14,22-23H,3,10-11,30H2,1-2H3,(H,31,34)/t14?,22-/m0/s1. The van der Waals surface area contributed by atoms with Gasteiger partial charge in [0.1, 0.15) is 5.69 Å². The molecule has 2 atom stereocenters. The van der Waals surface area contributed by atoms with Crippen LogP contribution >= 0.6 is 46.4 Å². The number of alkyl halides is 2. The second-order valence-corrected chi connectivity index (χ2v) is 10.1. The number of carbonyl (C=O) groups excluding carboxylic acids is 2. The number of rotatable bonds is 10. The lowest BCUT2D eigenvalue weighted by Gasteiger charge is -2.25. The second-order valence-electron chi connectivity index (χ2n) is 8.22. The van der Waals surface area contributed by atoms with E-state index >= 15 is 0 Å². The van der Waals surface area contributed by atoms with Crippen molar-refractivity contribution >= 4 is 63.9 Å². The molecule has 0 aliphatic heterocycles. The molecule has 36 heavy (non-hydrogen) atoms. The fourth-order valence-corrected chi connectivity index (χ4v) is 4.33. The normalized spacial score (nSPS) is 12.9. The Labute approximate surface area is 229 Å². The molecule has 0 fully saturated rings. The first kappa shape index (κ1) is 28.3. The minimum absolute atomic E-state index is 0.0296. The lowest BCUT2D eigenvalue weighted by atomic mass is 9.99. The van der Waals surface area contributed by atoms with Crippen molar-refractivity contribution in [3.05, 3.63) is 58.6 Å². The number of carbonyl (C=O) groups is 2. The van der Waals surface area contributed by atoms with Crippen molar-refractivity contribution in [2.75, 3.05) is 18.0 Å². The summed E-state index contributed by atoms with van der Waals surface area (Å²) >= 11 is 24.4. The first-order valence-corrected chi connectivity index (χ1v) is 12.9. The summed E-state index contributed by atoms with van der Waals surface area (Å²) in [5.74, 6) is -0.346. The zero-order valence-corrected chi connectivity index (χ0v) is 22.7. The lowest BCUT2D eigenvalue weighted by molar-refractivity contribution is -0.123. The van der Waals surface area contributed by atoms with Crippen LogP contribution in [-0.2, 0) is 9.59 Å². The topological polar surface area (TPSA) is 101 Å². The average Bonchev–Trinajstić information content (AvgIpc) is 3.35. The van der Waals surface area contributed by atoms with E-state index in [4.69, 9.17) is 56.7 Å². The highest BCUT2D eigenvalue weighted by Crippen LogP contribution is 2.36. The van der Waals surface area contributed by atoms with Gasteiger partial charge in [-0.15, -0.1) is 0 Å². The summed E-state index contributed by atoms with van der Waals surface area (Å²) in [6.07, 6.45) is 0.776. The number of nitrogens with two attached hydrogens (primary N) is 1. The van der Waals surface area contributed by atoms with E-state index in [0.29, 0.717) is 38.3 Å². The van der Waals surface area contributed by atoms with E-state index in [2.05, 4.69) is 10.5 Å². The molecule has 3 rings (SSSR count). The SMILES string of the molecule is CCC(C)[C@H](N)C(=O)NCCN(C(=O)C(Cl)Cl)c1cccc(-c2cc(-c3c(Cl)cccc3Cl)no2)c1. The van der Waals surface area contributed by atoms with Crippen molar-refractivity contribution in [2.45, 2.75) is 31.1 Å². The summed E-state index contributed by atoms with van der Waals surface area (Å²) in [4.78, 5) is 25.2. The van der Waals surface area contributed by atoms with Gasteiger partial charge >= 0.3 is 0 Å². The number of benzene rings is 2. The highest BCUT2D eigenvalue weighted by molar-refractivity contribution is 6.54. The van der Waals surface area contributed by atoms with Gasteiger partial charge < -0.3 is 20.5 Å². The average molecular weight is 572 g/mol. The molecular weight excluding hydrogens is 546 g/mol. The van der Waals surface area contributed by atoms with Crippen LogP contribution in [0.4, 0.5) is 5.69 Å². The molecule has 11 heteroatoms. The molecule has 7 nitrogen and oxygen atoms in total. The van der Waals surface area contributed by atoms with Gasteiger partial charge in [-0.05, 0) is 30.2 Å². The molecule has 3 N–H and O–H groups in total. The van der Waals surface area contributed by atoms with E-state index in [1.165, 1.54) is 4.90 Å². The highest BCUT2D eigenvalue weighted by atomic mass is 35.5. The molecule has 1 unspecified atom stereocenters. The maximum absolute atomic E-state index is 12.8. The van der Waals surface area contributed by atoms with Crippen molar-refractivity contribution in [3.63, 3.8) is 0 Å². The minimum atomic E-state index is -1.29. The molecule has 0 spiro atoms. The number of nitrogens with zero attached hydrogens (tertiary/aromatic N) is 2. The number of hydrogen-bond donors (Lipinski definition) is 2. The van der Waals surface area contributed by atoms with E-state index < -0.39 is 16.8 Å². The van der Waals surface area contributed by atoms with Gasteiger partial charge in [-0.3, -0.25) is 9.59 Å². The maximum Gasteiger partial charge on any atom is 0.260 e. The smallest absolute Gasteiger partial charge is 0.260 e. The number of aromatic nitrogens is 1. The van der Waals surface area contributed by atoms with Crippen LogP contribution in [0.5, 0.6) is 0 Å². The van der Waals surface area contributed by atoms with Crippen molar-refractivity contribution in [1.29, 1.82) is 0 Å². The van der Waals surface area contributed by atoms with Crippen molar-refractivity contribution < 1.29 is 14.1 Å². The fourth-order valence-electron chi connectivity index (χ4n) is 3.50. The molecule has 0 aliphatic rings. The predicted octanol–water partition coefficient (Wildman–Crippen LogP) is 5.94. The van der Waals surface area contributed by atoms with Gasteiger partial charge in [0.15, 0.2) is 10.6 Å². The fraction of sp³-hybridized carbons (Fsp3) is 0.320. The molecule has 1 aromatic heterocycles. The zero-order chi connectivity index (χ0) is 26.4. The van der Waals surface area contributed by atoms with Gasteiger partial charge in [0.2, 0.25) is 5.91 Å². The molecule has 2 aromatic carbocycles. The third-order valence-electron chi connectivity index (χ3n) is 5.82. The molecule has 0 aliphatic carbocycles. The number of hydrogen-bond acceptors (Lipinski definition) is 5. The first-order valence-electron chi connectivity index (χ1n) is 11.3. The second kappa shape index (κ2) is 12.8. The minimum Gasteiger partial charge on any atom is -0.356 e. The maximum atomic E-state index is 12.8. The Hall–Kier alpha value is -2.29. The summed E-state index contributed by atoms with van der Waals surface area (Å²) in [6.45, 7) is 4.17. The molecule has 0 saturated heterocycles. The molecule has 1 heterocycles. The first-order chi connectivity index (χ1) is 17.1. The van der Waals surface area contributed by atoms with E-state index in [-0.39, 0.29) is 24.9 Å². The van der Waals surface area contributed by atoms with Gasteiger partial charge in [0.25, 0.3) is 5.91 Å². The Morgan fingerprint density at radius 2 is 1.78 bits per heavy atom. The molecule has 0 saturated carbocycles. The number of halogens is 4. The van der Waals surface area contributed by atoms with Gasteiger partial charge in [-0.2, -0.15) is 0 Å². The van der Waals surface area contributed by atoms with E-state index in [0.717, 1.165) is 6.42 Å². The Morgan fingerprint density at radius 1 is 1.11 bits per heavy atom. The molecular formula is C25H26Cl4N4O3. The molecule has 0 radical (unpaired) electrons. The lowest BCUT2D eigenvalue weighted by Crippen LogP contribution is -2.47. The van der Waals surface area contributed by atoms with Crippen molar-refractivity contribution in [1.82, 2.24) is 10.5 Å². The van der Waals surface area contributed by atoms with Gasteiger partial charge in [-0.1, -0.05) is 90.0 Å². The molecule has 3 aromatic rings. The molecule has 2 amide bonds. The van der Waals surface area contributed by atoms with Gasteiger partial charge in [0.05, 0.1) is 16.1 Å². The Balaban J connectivity index is 1.82. The largest absolute Gasteiger partial charge is 0.356 e. The van der Waals surface area contributed by atoms with Crippen LogP contribution in [0.25, 0.3) is 22.6 Å². The Bertz CT molecular complexity index is 1200. The Morgan fingerprint density at radius 3 is 2.42 bits per heavy atom. The molecule has 192 valence electrons. The Kier molecular flexibility index (Phi) is 10.0. The summed E-state index contributed by atoms with van der Waals surface area (Å²) in [5, 5.41) is 7.76. The van der Waals surface area contributed by atoms with Crippen LogP contribution in [0.2, 0.25) is 10.0 Å². The molecule has 0 bridgehead atoms. The van der Waals surface area contributed by atoms with Gasteiger partial charge in [-0.25, -0.2) is 0 Å². The monoisotopic (exact) mass is 570 g/mol. The van der Waals surface area contributed by atoms with E-state index in [9.17, 15) is 9.59 Å². The van der Waals surface area contributed by atoms with Crippen molar-refractivity contribution in [2.24, 2.45) is 11.7 Å². The number of nitrogens with one attached hydrogen (secondary N) is 1. The van der Waals surface area contributed by atoms with Gasteiger partial charge in [0, 0.05) is 36.0 Å². The summed E-state index contributed by atoms with van der Waals surface area (Å²) in [5.41, 5.74) is 8.18. The highest BCUT2D eigenvalue weighted by Gasteiger charge is 2.24. The van der Waals surface area contributed by atoms with E-state index in [1.54, 1.807) is 48.5 Å². The summed E-state index contributed by atoms with van der Waals surface area (Å²) in [7, 11) is 0. The van der Waals surface area contributed by atoms with Crippen LogP contribution < -0.4 is 16.0 Å². The van der Waals surface area contributed by atoms with Crippen LogP contribution in [0.15, 0.2) is 53.1 Å². The summed E-state index contributed by atoms with van der Waals surface area (Å²) < 4.78 is 5.54. The third kappa shape index (κ3) is 6.72. The van der Waals surface area contributed by atoms with Crippen LogP contribution in [0.3, 0.4) is 0 Å². The third-order valence-corrected chi connectivity index (χ3v) is 6.82. The van der Waals surface area contributed by atoms with Crippen LogP contribution in [0.1, 0.15) is 20.3 Å². The predicted molar refractivity (Wildman–Crippen MR) is 146 cm³/mol. The van der Waals surface area contributed by atoms with E-state index in [1.807, 2.05) is 13.8 Å². The van der Waals surface area contributed by atoms with Crippen LogP contribution in [0, 0.1) is 5.92 Å². The number of anilines is 1. The zero-order valence-electron chi connectivity index (χ0n) is 19.7. The van der Waals surface area contributed by atoms with Crippen LogP contribution in [-0.4, -0.2) is 40.9 Å². The summed E-state index contributed by atoms with van der Waals surface area (Å²) in [6, 6.07) is 13.3. The number of amides is 2. The quantitative estimate of drug-likeness (QED) is 0.293.